The number of fused-ring (bicyclic) bond motifs is 1. The molecule has 4 nitrogen and oxygen atoms in total. The molecule has 0 spiro atoms. The fraction of sp³-hybridized carbons (Fsp3) is 0.533. The monoisotopic (exact) mass is 264 g/mol. The van der Waals surface area contributed by atoms with Gasteiger partial charge in [0.05, 0.1) is 19.8 Å². The van der Waals surface area contributed by atoms with E-state index in [4.69, 9.17) is 14.2 Å². The number of carbonyl (C=O) groups is 1. The summed E-state index contributed by atoms with van der Waals surface area (Å²) >= 11 is 0. The molecule has 0 atom stereocenters. The first kappa shape index (κ1) is 13.7. The Morgan fingerprint density at radius 1 is 1.26 bits per heavy atom. The Balaban J connectivity index is 1.87. The van der Waals surface area contributed by atoms with Gasteiger partial charge < -0.3 is 14.2 Å². The van der Waals surface area contributed by atoms with Crippen LogP contribution in [0.3, 0.4) is 0 Å². The van der Waals surface area contributed by atoms with Crippen molar-refractivity contribution in [1.29, 1.82) is 0 Å². The van der Waals surface area contributed by atoms with E-state index < -0.39 is 0 Å². The zero-order valence-corrected chi connectivity index (χ0v) is 11.3. The van der Waals surface area contributed by atoms with Crippen molar-refractivity contribution >= 4 is 5.97 Å². The SMILES string of the molecule is CCOC(=O)CCCc1ccc2c(c1)OCCCO2. The smallest absolute Gasteiger partial charge is 0.305 e. The predicted molar refractivity (Wildman–Crippen MR) is 71.6 cm³/mol. The molecular weight excluding hydrogens is 244 g/mol. The van der Waals surface area contributed by atoms with Crippen LogP contribution < -0.4 is 9.47 Å². The number of ether oxygens (including phenoxy) is 3. The molecule has 2 rings (SSSR count). The third kappa shape index (κ3) is 4.16. The molecule has 0 aliphatic carbocycles. The fourth-order valence-corrected chi connectivity index (χ4v) is 2.03. The van der Waals surface area contributed by atoms with Crippen molar-refractivity contribution in [2.24, 2.45) is 0 Å². The lowest BCUT2D eigenvalue weighted by Gasteiger charge is -2.09. The highest BCUT2D eigenvalue weighted by Gasteiger charge is 2.10. The minimum absolute atomic E-state index is 0.128. The fourth-order valence-electron chi connectivity index (χ4n) is 2.03. The molecule has 19 heavy (non-hydrogen) atoms. The summed E-state index contributed by atoms with van der Waals surface area (Å²) in [5.41, 5.74) is 1.16. The summed E-state index contributed by atoms with van der Waals surface area (Å²) in [6.45, 7) is 3.67. The Bertz CT molecular complexity index is 428. The molecule has 1 aliphatic heterocycles. The van der Waals surface area contributed by atoms with Crippen LogP contribution in [0.1, 0.15) is 31.7 Å². The molecule has 0 aromatic heterocycles. The van der Waals surface area contributed by atoms with Crippen LogP contribution in [0.25, 0.3) is 0 Å². The topological polar surface area (TPSA) is 44.8 Å². The van der Waals surface area contributed by atoms with Gasteiger partial charge in [-0.1, -0.05) is 6.07 Å². The van der Waals surface area contributed by atoms with E-state index in [0.717, 1.165) is 36.3 Å². The largest absolute Gasteiger partial charge is 0.490 e. The van der Waals surface area contributed by atoms with Crippen molar-refractivity contribution in [3.8, 4) is 11.5 Å². The number of rotatable bonds is 5. The maximum atomic E-state index is 11.2. The van der Waals surface area contributed by atoms with Gasteiger partial charge in [-0.05, 0) is 37.5 Å². The molecule has 0 radical (unpaired) electrons. The van der Waals surface area contributed by atoms with Gasteiger partial charge in [-0.15, -0.1) is 0 Å². The van der Waals surface area contributed by atoms with Gasteiger partial charge in [0, 0.05) is 12.8 Å². The standard InChI is InChI=1S/C15H20O4/c1-2-17-15(16)6-3-5-12-7-8-13-14(11-12)19-10-4-9-18-13/h7-8,11H,2-6,9-10H2,1H3. The van der Waals surface area contributed by atoms with Crippen LogP contribution in [-0.2, 0) is 16.0 Å². The maximum Gasteiger partial charge on any atom is 0.305 e. The first-order valence-corrected chi connectivity index (χ1v) is 6.83. The molecule has 0 unspecified atom stereocenters. The van der Waals surface area contributed by atoms with Gasteiger partial charge in [0.25, 0.3) is 0 Å². The van der Waals surface area contributed by atoms with E-state index in [1.165, 1.54) is 0 Å². The third-order valence-corrected chi connectivity index (χ3v) is 2.96. The second-order valence-corrected chi connectivity index (χ2v) is 4.49. The number of hydrogen-bond donors (Lipinski definition) is 0. The van der Waals surface area contributed by atoms with Crippen molar-refractivity contribution in [3.05, 3.63) is 23.8 Å². The van der Waals surface area contributed by atoms with Gasteiger partial charge in [0.15, 0.2) is 11.5 Å². The van der Waals surface area contributed by atoms with Crippen molar-refractivity contribution in [2.45, 2.75) is 32.6 Å². The molecule has 0 N–H and O–H groups in total. The van der Waals surface area contributed by atoms with Gasteiger partial charge in [-0.25, -0.2) is 0 Å². The highest BCUT2D eigenvalue weighted by atomic mass is 16.5. The average Bonchev–Trinajstić information content (AvgIpc) is 2.63. The highest BCUT2D eigenvalue weighted by molar-refractivity contribution is 5.69. The Labute approximate surface area is 113 Å². The van der Waals surface area contributed by atoms with Crippen molar-refractivity contribution in [3.63, 3.8) is 0 Å². The molecule has 104 valence electrons. The first-order valence-electron chi connectivity index (χ1n) is 6.83. The van der Waals surface area contributed by atoms with E-state index in [1.807, 2.05) is 25.1 Å². The Hall–Kier alpha value is -1.71. The molecule has 1 aromatic carbocycles. The number of carbonyl (C=O) groups excluding carboxylic acids is 1. The summed E-state index contributed by atoms with van der Waals surface area (Å²) in [5, 5.41) is 0. The van der Waals surface area contributed by atoms with E-state index in [-0.39, 0.29) is 5.97 Å². The first-order chi connectivity index (χ1) is 9.29. The van der Waals surface area contributed by atoms with Gasteiger partial charge in [-0.2, -0.15) is 0 Å². The second-order valence-electron chi connectivity index (χ2n) is 4.49. The molecule has 1 aliphatic rings. The minimum atomic E-state index is -0.128. The van der Waals surface area contributed by atoms with Crippen molar-refractivity contribution in [1.82, 2.24) is 0 Å². The predicted octanol–water partition coefficient (Wildman–Crippen LogP) is 2.73. The van der Waals surface area contributed by atoms with E-state index in [9.17, 15) is 4.79 Å². The normalized spacial score (nSPS) is 13.7. The molecule has 4 heteroatoms. The Morgan fingerprint density at radius 2 is 2.05 bits per heavy atom. The molecule has 0 fully saturated rings. The number of aryl methyl sites for hydroxylation is 1. The van der Waals surface area contributed by atoms with Crippen LogP contribution in [0, 0.1) is 0 Å². The zero-order chi connectivity index (χ0) is 13.5. The lowest BCUT2D eigenvalue weighted by Crippen LogP contribution is -2.04. The summed E-state index contributed by atoms with van der Waals surface area (Å²) in [5.74, 6) is 1.50. The quantitative estimate of drug-likeness (QED) is 0.767. The molecular formula is C15H20O4. The van der Waals surface area contributed by atoms with E-state index in [0.29, 0.717) is 26.2 Å². The van der Waals surface area contributed by atoms with Gasteiger partial charge in [0.1, 0.15) is 0 Å². The van der Waals surface area contributed by atoms with Gasteiger partial charge >= 0.3 is 5.97 Å². The van der Waals surface area contributed by atoms with Crippen LogP contribution in [-0.4, -0.2) is 25.8 Å². The molecule has 0 saturated carbocycles. The molecule has 0 saturated heterocycles. The van der Waals surface area contributed by atoms with Crippen LogP contribution in [0.5, 0.6) is 11.5 Å². The highest BCUT2D eigenvalue weighted by Crippen LogP contribution is 2.30. The Morgan fingerprint density at radius 3 is 2.84 bits per heavy atom. The lowest BCUT2D eigenvalue weighted by atomic mass is 10.1. The Kier molecular flexibility index (Phi) is 5.07. The lowest BCUT2D eigenvalue weighted by molar-refractivity contribution is -0.143. The van der Waals surface area contributed by atoms with Crippen LogP contribution in [0.2, 0.25) is 0 Å². The van der Waals surface area contributed by atoms with Gasteiger partial charge in [0.2, 0.25) is 0 Å². The van der Waals surface area contributed by atoms with Crippen LogP contribution in [0.4, 0.5) is 0 Å². The van der Waals surface area contributed by atoms with Crippen LogP contribution >= 0.6 is 0 Å². The summed E-state index contributed by atoms with van der Waals surface area (Å²) in [6, 6.07) is 5.98. The maximum absolute atomic E-state index is 11.2. The van der Waals surface area contributed by atoms with Crippen LogP contribution in [0.15, 0.2) is 18.2 Å². The number of benzene rings is 1. The van der Waals surface area contributed by atoms with Gasteiger partial charge in [-0.3, -0.25) is 4.79 Å². The minimum Gasteiger partial charge on any atom is -0.490 e. The molecule has 1 aromatic rings. The van der Waals surface area contributed by atoms with E-state index >= 15 is 0 Å². The van der Waals surface area contributed by atoms with Crippen molar-refractivity contribution in [2.75, 3.05) is 19.8 Å². The third-order valence-electron chi connectivity index (χ3n) is 2.96. The van der Waals surface area contributed by atoms with E-state index in [1.54, 1.807) is 0 Å². The van der Waals surface area contributed by atoms with Crippen molar-refractivity contribution < 1.29 is 19.0 Å². The summed E-state index contributed by atoms with van der Waals surface area (Å²) in [7, 11) is 0. The number of esters is 1. The summed E-state index contributed by atoms with van der Waals surface area (Å²) in [6.07, 6.45) is 3.00. The second kappa shape index (κ2) is 7.02. The molecule has 0 bridgehead atoms. The molecule has 0 amide bonds. The van der Waals surface area contributed by atoms with E-state index in [2.05, 4.69) is 0 Å². The molecule has 1 heterocycles. The zero-order valence-electron chi connectivity index (χ0n) is 11.3. The summed E-state index contributed by atoms with van der Waals surface area (Å²) in [4.78, 5) is 11.2. The average molecular weight is 264 g/mol. The summed E-state index contributed by atoms with van der Waals surface area (Å²) < 4.78 is 16.1. The number of hydrogen-bond acceptors (Lipinski definition) is 4.